The molecule has 6 aromatic rings. The van der Waals surface area contributed by atoms with Gasteiger partial charge in [0.25, 0.3) is 0 Å². The molecule has 0 aliphatic carbocycles. The van der Waals surface area contributed by atoms with Gasteiger partial charge in [0.05, 0.1) is 23.3 Å². The third-order valence-corrected chi connectivity index (χ3v) is 6.26. The fourth-order valence-electron chi connectivity index (χ4n) is 4.63. The van der Waals surface area contributed by atoms with Crippen LogP contribution in [0.2, 0.25) is 0 Å². The highest BCUT2D eigenvalue weighted by atomic mass is 14.8. The van der Waals surface area contributed by atoms with Crippen molar-refractivity contribution in [3.8, 4) is 33.8 Å². The summed E-state index contributed by atoms with van der Waals surface area (Å²) >= 11 is 0. The van der Waals surface area contributed by atoms with Crippen LogP contribution in [0.15, 0.2) is 115 Å². The van der Waals surface area contributed by atoms with Crippen LogP contribution in [-0.4, -0.2) is 9.97 Å². The Hall–Kier alpha value is -4.30. The number of aromatic nitrogens is 2. The minimum Gasteiger partial charge on any atom is -0.252 e. The van der Waals surface area contributed by atoms with E-state index in [9.17, 15) is 0 Å². The Balaban J connectivity index is 1.71. The normalized spacial score (nSPS) is 11.2. The lowest BCUT2D eigenvalue weighted by atomic mass is 9.92. The van der Waals surface area contributed by atoms with Crippen LogP contribution in [0.5, 0.6) is 0 Å². The molecule has 0 saturated heterocycles. The Bertz CT molecular complexity index is 1610. The summed E-state index contributed by atoms with van der Waals surface area (Å²) in [4.78, 5) is 10.3. The molecule has 2 heteroatoms. The lowest BCUT2D eigenvalue weighted by Gasteiger charge is -2.16. The van der Waals surface area contributed by atoms with Crippen LogP contribution >= 0.6 is 0 Å². The van der Waals surface area contributed by atoms with Crippen molar-refractivity contribution in [3.63, 3.8) is 0 Å². The maximum Gasteiger partial charge on any atom is 0.0979 e. The lowest BCUT2D eigenvalue weighted by molar-refractivity contribution is 1.21. The maximum atomic E-state index is 5.23. The molecule has 2 nitrogen and oxygen atoms in total. The van der Waals surface area contributed by atoms with Crippen LogP contribution in [0.1, 0.15) is 5.56 Å². The van der Waals surface area contributed by atoms with Crippen LogP contribution in [0.3, 0.4) is 0 Å². The van der Waals surface area contributed by atoms with E-state index in [0.717, 1.165) is 33.8 Å². The monoisotopic (exact) mass is 422 g/mol. The van der Waals surface area contributed by atoms with E-state index in [-0.39, 0.29) is 0 Å². The Morgan fingerprint density at radius 3 is 2.03 bits per heavy atom. The number of nitrogens with zero attached hydrogens (tertiary/aromatic N) is 2. The van der Waals surface area contributed by atoms with Gasteiger partial charge in [0.1, 0.15) is 0 Å². The van der Waals surface area contributed by atoms with Crippen molar-refractivity contribution in [2.45, 2.75) is 6.92 Å². The summed E-state index contributed by atoms with van der Waals surface area (Å²) in [6.45, 7) is 2.15. The smallest absolute Gasteiger partial charge is 0.0979 e. The minimum absolute atomic E-state index is 0.875. The number of rotatable bonds is 3. The average Bonchev–Trinajstić information content (AvgIpc) is 2.89. The van der Waals surface area contributed by atoms with E-state index in [1.165, 1.54) is 27.1 Å². The summed E-state index contributed by atoms with van der Waals surface area (Å²) in [6.07, 6.45) is 1.90. The van der Waals surface area contributed by atoms with Gasteiger partial charge in [-0.3, -0.25) is 4.98 Å². The number of hydrogen-bond donors (Lipinski definition) is 0. The fraction of sp³-hybridized carbons (Fsp3) is 0.0323. The van der Waals surface area contributed by atoms with Crippen LogP contribution < -0.4 is 0 Å². The molecule has 6 rings (SSSR count). The topological polar surface area (TPSA) is 25.8 Å². The second-order valence-electron chi connectivity index (χ2n) is 8.32. The van der Waals surface area contributed by atoms with Crippen molar-refractivity contribution in [3.05, 3.63) is 121 Å². The number of benzene rings is 5. The molecular formula is C31H22N2. The van der Waals surface area contributed by atoms with Crippen molar-refractivity contribution in [2.75, 3.05) is 0 Å². The van der Waals surface area contributed by atoms with E-state index in [2.05, 4.69) is 97.9 Å². The van der Waals surface area contributed by atoms with Crippen LogP contribution in [-0.2, 0) is 0 Å². The van der Waals surface area contributed by atoms with Crippen molar-refractivity contribution in [2.24, 2.45) is 0 Å². The van der Waals surface area contributed by atoms with E-state index in [1.807, 2.05) is 24.4 Å². The predicted molar refractivity (Wildman–Crippen MR) is 138 cm³/mol. The molecular weight excluding hydrogens is 400 g/mol. The van der Waals surface area contributed by atoms with Gasteiger partial charge < -0.3 is 0 Å². The number of hydrogen-bond acceptors (Lipinski definition) is 2. The molecule has 33 heavy (non-hydrogen) atoms. The molecule has 0 amide bonds. The Morgan fingerprint density at radius 1 is 0.545 bits per heavy atom. The molecule has 0 N–H and O–H groups in total. The van der Waals surface area contributed by atoms with Crippen molar-refractivity contribution >= 4 is 21.5 Å². The van der Waals surface area contributed by atoms with Gasteiger partial charge in [-0.05, 0) is 34.0 Å². The molecule has 0 saturated carbocycles. The summed E-state index contributed by atoms with van der Waals surface area (Å²) in [7, 11) is 0. The summed E-state index contributed by atoms with van der Waals surface area (Å²) in [5.41, 5.74) is 7.20. The first kappa shape index (κ1) is 19.4. The maximum absolute atomic E-state index is 5.23. The second-order valence-corrected chi connectivity index (χ2v) is 8.32. The molecule has 1 aromatic heterocycles. The largest absolute Gasteiger partial charge is 0.252 e. The zero-order chi connectivity index (χ0) is 22.2. The molecule has 0 aliphatic heterocycles. The van der Waals surface area contributed by atoms with E-state index in [0.29, 0.717) is 0 Å². The molecule has 156 valence electrons. The molecule has 1 heterocycles. The molecule has 0 aliphatic rings. The Labute approximate surface area is 193 Å². The molecule has 0 fully saturated rings. The van der Waals surface area contributed by atoms with E-state index in [1.54, 1.807) is 0 Å². The van der Waals surface area contributed by atoms with Crippen LogP contribution in [0.25, 0.3) is 55.3 Å². The summed E-state index contributed by atoms with van der Waals surface area (Å²) in [6, 6.07) is 38.0. The van der Waals surface area contributed by atoms with Crippen molar-refractivity contribution in [1.29, 1.82) is 0 Å². The van der Waals surface area contributed by atoms with E-state index < -0.39 is 0 Å². The SMILES string of the molecule is Cc1ccc2ccccc2c1-c1ncc(-c2ccccc2)nc1-c1cccc2ccccc12. The molecule has 0 radical (unpaired) electrons. The fourth-order valence-corrected chi connectivity index (χ4v) is 4.63. The summed E-state index contributed by atoms with van der Waals surface area (Å²) in [5.74, 6) is 0. The van der Waals surface area contributed by atoms with Gasteiger partial charge in [-0.2, -0.15) is 0 Å². The molecule has 0 bridgehead atoms. The van der Waals surface area contributed by atoms with E-state index in [4.69, 9.17) is 9.97 Å². The molecule has 0 unspecified atom stereocenters. The Kier molecular flexibility index (Phi) is 4.70. The molecule has 5 aromatic carbocycles. The minimum atomic E-state index is 0.875. The summed E-state index contributed by atoms with van der Waals surface area (Å²) in [5, 5.41) is 4.78. The van der Waals surface area contributed by atoms with Crippen molar-refractivity contribution < 1.29 is 0 Å². The highest BCUT2D eigenvalue weighted by molar-refractivity contribution is 6.04. The molecule has 0 atom stereocenters. The summed E-state index contributed by atoms with van der Waals surface area (Å²) < 4.78 is 0. The lowest BCUT2D eigenvalue weighted by Crippen LogP contribution is -1.99. The third kappa shape index (κ3) is 3.37. The third-order valence-electron chi connectivity index (χ3n) is 6.26. The van der Waals surface area contributed by atoms with Gasteiger partial charge in [-0.1, -0.05) is 109 Å². The molecule has 0 spiro atoms. The highest BCUT2D eigenvalue weighted by Gasteiger charge is 2.18. The van der Waals surface area contributed by atoms with E-state index >= 15 is 0 Å². The number of aryl methyl sites for hydroxylation is 1. The van der Waals surface area contributed by atoms with Gasteiger partial charge in [0.15, 0.2) is 0 Å². The van der Waals surface area contributed by atoms with Gasteiger partial charge >= 0.3 is 0 Å². The van der Waals surface area contributed by atoms with Gasteiger partial charge in [-0.15, -0.1) is 0 Å². The quantitative estimate of drug-likeness (QED) is 0.288. The van der Waals surface area contributed by atoms with Crippen molar-refractivity contribution in [1.82, 2.24) is 9.97 Å². The first-order chi connectivity index (χ1) is 16.3. The van der Waals surface area contributed by atoms with Crippen LogP contribution in [0, 0.1) is 6.92 Å². The average molecular weight is 423 g/mol. The number of fused-ring (bicyclic) bond motifs is 2. The second kappa shape index (κ2) is 7.99. The first-order valence-corrected chi connectivity index (χ1v) is 11.2. The highest BCUT2D eigenvalue weighted by Crippen LogP contribution is 2.39. The van der Waals surface area contributed by atoms with Gasteiger partial charge in [-0.25, -0.2) is 4.98 Å². The first-order valence-electron chi connectivity index (χ1n) is 11.2. The van der Waals surface area contributed by atoms with Crippen LogP contribution in [0.4, 0.5) is 0 Å². The Morgan fingerprint density at radius 2 is 1.21 bits per heavy atom. The predicted octanol–water partition coefficient (Wildman–Crippen LogP) is 8.09. The zero-order valence-corrected chi connectivity index (χ0v) is 18.4. The van der Waals surface area contributed by atoms with Gasteiger partial charge in [0, 0.05) is 16.7 Å². The zero-order valence-electron chi connectivity index (χ0n) is 18.4. The standard InChI is InChI=1S/C31H22N2/c1-21-18-19-23-11-6-8-16-26(23)29(21)31-30(27-17-9-14-22-10-5-7-15-25(22)27)33-28(20-32-31)24-12-3-2-4-13-24/h2-20H,1H3. The van der Waals surface area contributed by atoms with Gasteiger partial charge in [0.2, 0.25) is 0 Å².